The molecule has 0 aromatic carbocycles. The zero-order valence-corrected chi connectivity index (χ0v) is 14.5. The standard InChI is InChI=1S/C16H23N3O5/c1-8-6-19(7-10(24-8)14(22)23)13(21)11-9(2)17-15(16(3,4)5)18-12(11)20/h8,10H,6-7H2,1-5H3,(H,22,23)(H,17,18,20)/t8-,10?/m1/s1. The molecule has 0 radical (unpaired) electrons. The monoisotopic (exact) mass is 337 g/mol. The molecule has 24 heavy (non-hydrogen) atoms. The number of rotatable bonds is 2. The van der Waals surface area contributed by atoms with Crippen molar-refractivity contribution in [1.82, 2.24) is 14.9 Å². The summed E-state index contributed by atoms with van der Waals surface area (Å²) in [4.78, 5) is 44.6. The van der Waals surface area contributed by atoms with Gasteiger partial charge in [0.2, 0.25) is 0 Å². The molecular formula is C16H23N3O5. The lowest BCUT2D eigenvalue weighted by Gasteiger charge is -2.35. The highest BCUT2D eigenvalue weighted by atomic mass is 16.5. The van der Waals surface area contributed by atoms with Gasteiger partial charge >= 0.3 is 5.97 Å². The molecule has 2 N–H and O–H groups in total. The number of carboxylic acid groups (broad SMARTS) is 1. The van der Waals surface area contributed by atoms with E-state index < -0.39 is 29.6 Å². The molecule has 0 aliphatic carbocycles. The number of hydrogen-bond acceptors (Lipinski definition) is 5. The van der Waals surface area contributed by atoms with Gasteiger partial charge in [0.25, 0.3) is 11.5 Å². The van der Waals surface area contributed by atoms with Crippen LogP contribution in [0, 0.1) is 6.92 Å². The molecule has 1 aliphatic rings. The van der Waals surface area contributed by atoms with Crippen LogP contribution in [0.3, 0.4) is 0 Å². The van der Waals surface area contributed by atoms with Gasteiger partial charge in [-0.3, -0.25) is 9.59 Å². The second-order valence-electron chi connectivity index (χ2n) is 7.11. The number of amides is 1. The SMILES string of the molecule is Cc1nc(C(C)(C)C)[nH]c(=O)c1C(=O)N1CC(C(=O)O)O[C@H](C)C1. The van der Waals surface area contributed by atoms with Gasteiger partial charge in [-0.2, -0.15) is 0 Å². The summed E-state index contributed by atoms with van der Waals surface area (Å²) in [5.74, 6) is -1.16. The van der Waals surface area contributed by atoms with Crippen LogP contribution < -0.4 is 5.56 Å². The van der Waals surface area contributed by atoms with Crippen molar-refractivity contribution in [3.05, 3.63) is 27.4 Å². The quantitative estimate of drug-likeness (QED) is 0.821. The van der Waals surface area contributed by atoms with Gasteiger partial charge in [0.1, 0.15) is 11.4 Å². The van der Waals surface area contributed by atoms with Crippen molar-refractivity contribution in [3.8, 4) is 0 Å². The number of morpholine rings is 1. The van der Waals surface area contributed by atoms with Crippen LogP contribution in [0.1, 0.15) is 49.6 Å². The average Bonchev–Trinajstić information content (AvgIpc) is 2.44. The molecule has 1 aromatic heterocycles. The Labute approximate surface area is 139 Å². The Bertz CT molecular complexity index is 719. The Kier molecular flexibility index (Phi) is 4.80. The predicted molar refractivity (Wildman–Crippen MR) is 86.2 cm³/mol. The number of aryl methyl sites for hydroxylation is 1. The predicted octanol–water partition coefficient (Wildman–Crippen LogP) is 0.690. The zero-order chi connectivity index (χ0) is 18.2. The number of nitrogens with one attached hydrogen (secondary N) is 1. The van der Waals surface area contributed by atoms with Crippen LogP contribution in [-0.4, -0.2) is 57.1 Å². The summed E-state index contributed by atoms with van der Waals surface area (Å²) in [5.41, 5.74) is -0.586. The topological polar surface area (TPSA) is 113 Å². The summed E-state index contributed by atoms with van der Waals surface area (Å²) < 4.78 is 5.29. The van der Waals surface area contributed by atoms with Crippen LogP contribution in [0.5, 0.6) is 0 Å². The Hall–Kier alpha value is -2.22. The first-order valence-electron chi connectivity index (χ1n) is 7.79. The Morgan fingerprint density at radius 3 is 2.46 bits per heavy atom. The molecule has 132 valence electrons. The maximum atomic E-state index is 12.7. The lowest BCUT2D eigenvalue weighted by molar-refractivity contribution is -0.160. The molecule has 1 aromatic rings. The highest BCUT2D eigenvalue weighted by Crippen LogP contribution is 2.19. The molecule has 1 aliphatic heterocycles. The molecule has 8 nitrogen and oxygen atoms in total. The Morgan fingerprint density at radius 2 is 1.96 bits per heavy atom. The van der Waals surface area contributed by atoms with E-state index in [-0.39, 0.29) is 24.1 Å². The van der Waals surface area contributed by atoms with Gasteiger partial charge < -0.3 is 19.7 Å². The van der Waals surface area contributed by atoms with E-state index >= 15 is 0 Å². The number of aromatic amines is 1. The van der Waals surface area contributed by atoms with Gasteiger partial charge in [-0.25, -0.2) is 9.78 Å². The fourth-order valence-electron chi connectivity index (χ4n) is 2.60. The number of nitrogens with zero attached hydrogens (tertiary/aromatic N) is 2. The molecule has 8 heteroatoms. The van der Waals surface area contributed by atoms with E-state index in [0.717, 1.165) is 0 Å². The first-order valence-corrected chi connectivity index (χ1v) is 7.79. The van der Waals surface area contributed by atoms with E-state index in [2.05, 4.69) is 9.97 Å². The first-order chi connectivity index (χ1) is 11.0. The maximum Gasteiger partial charge on any atom is 0.334 e. The molecule has 1 saturated heterocycles. The van der Waals surface area contributed by atoms with Crippen molar-refractivity contribution < 1.29 is 19.4 Å². The molecular weight excluding hydrogens is 314 g/mol. The molecule has 1 amide bonds. The second kappa shape index (κ2) is 6.35. The van der Waals surface area contributed by atoms with Crippen molar-refractivity contribution in [2.24, 2.45) is 0 Å². The van der Waals surface area contributed by atoms with Gasteiger partial charge in [-0.1, -0.05) is 20.8 Å². The molecule has 2 rings (SSSR count). The molecule has 1 fully saturated rings. The molecule has 1 unspecified atom stereocenters. The summed E-state index contributed by atoms with van der Waals surface area (Å²) in [7, 11) is 0. The van der Waals surface area contributed by atoms with Gasteiger partial charge in [-0.15, -0.1) is 0 Å². The number of aromatic nitrogens is 2. The van der Waals surface area contributed by atoms with Crippen molar-refractivity contribution in [3.63, 3.8) is 0 Å². The third kappa shape index (κ3) is 3.64. The average molecular weight is 337 g/mol. The van der Waals surface area contributed by atoms with Crippen LogP contribution in [0.4, 0.5) is 0 Å². The number of hydrogen-bond donors (Lipinski definition) is 2. The number of carboxylic acids is 1. The van der Waals surface area contributed by atoms with Crippen LogP contribution in [-0.2, 0) is 14.9 Å². The molecule has 0 bridgehead atoms. The van der Waals surface area contributed by atoms with E-state index in [1.165, 1.54) is 4.90 Å². The summed E-state index contributed by atoms with van der Waals surface area (Å²) in [6.45, 7) is 9.15. The Balaban J connectivity index is 2.36. The van der Waals surface area contributed by atoms with Gasteiger partial charge in [0.05, 0.1) is 18.3 Å². The van der Waals surface area contributed by atoms with Gasteiger partial charge in [0.15, 0.2) is 6.10 Å². The van der Waals surface area contributed by atoms with E-state index in [0.29, 0.717) is 11.5 Å². The molecule has 0 saturated carbocycles. The van der Waals surface area contributed by atoms with Crippen molar-refractivity contribution in [2.75, 3.05) is 13.1 Å². The number of carbonyl (C=O) groups is 2. The number of H-pyrrole nitrogens is 1. The first kappa shape index (κ1) is 18.1. The van der Waals surface area contributed by atoms with Gasteiger partial charge in [0, 0.05) is 12.0 Å². The van der Waals surface area contributed by atoms with E-state index in [1.807, 2.05) is 20.8 Å². The smallest absolute Gasteiger partial charge is 0.334 e. The minimum Gasteiger partial charge on any atom is -0.479 e. The molecule has 0 spiro atoms. The molecule has 2 heterocycles. The van der Waals surface area contributed by atoms with E-state index in [1.54, 1.807) is 13.8 Å². The molecule has 2 atom stereocenters. The third-order valence-corrected chi connectivity index (χ3v) is 3.85. The lowest BCUT2D eigenvalue weighted by atomic mass is 9.95. The van der Waals surface area contributed by atoms with Crippen LogP contribution in [0.25, 0.3) is 0 Å². The van der Waals surface area contributed by atoms with E-state index in [4.69, 9.17) is 9.84 Å². The minimum absolute atomic E-state index is 0.0544. The highest BCUT2D eigenvalue weighted by Gasteiger charge is 2.34. The van der Waals surface area contributed by atoms with Crippen molar-refractivity contribution in [2.45, 2.75) is 52.2 Å². The van der Waals surface area contributed by atoms with Crippen molar-refractivity contribution in [1.29, 1.82) is 0 Å². The summed E-state index contributed by atoms with van der Waals surface area (Å²) in [6.07, 6.45) is -1.52. The van der Waals surface area contributed by atoms with Crippen LogP contribution in [0.15, 0.2) is 4.79 Å². The van der Waals surface area contributed by atoms with Crippen LogP contribution >= 0.6 is 0 Å². The number of aliphatic carboxylic acids is 1. The summed E-state index contributed by atoms with van der Waals surface area (Å²) in [6, 6.07) is 0. The Morgan fingerprint density at radius 1 is 1.33 bits per heavy atom. The van der Waals surface area contributed by atoms with Crippen molar-refractivity contribution >= 4 is 11.9 Å². The fourth-order valence-corrected chi connectivity index (χ4v) is 2.60. The summed E-state index contributed by atoms with van der Waals surface area (Å²) >= 11 is 0. The van der Waals surface area contributed by atoms with Gasteiger partial charge in [-0.05, 0) is 13.8 Å². The normalized spacial score (nSPS) is 21.6. The minimum atomic E-state index is -1.13. The number of ether oxygens (including phenoxy) is 1. The lowest BCUT2D eigenvalue weighted by Crippen LogP contribution is -2.52. The highest BCUT2D eigenvalue weighted by molar-refractivity contribution is 5.95. The second-order valence-corrected chi connectivity index (χ2v) is 7.11. The summed E-state index contributed by atoms with van der Waals surface area (Å²) in [5, 5.41) is 9.12. The zero-order valence-electron chi connectivity index (χ0n) is 14.5. The van der Waals surface area contributed by atoms with Crippen LogP contribution in [0.2, 0.25) is 0 Å². The third-order valence-electron chi connectivity index (χ3n) is 3.85. The van der Waals surface area contributed by atoms with E-state index in [9.17, 15) is 14.4 Å². The maximum absolute atomic E-state index is 12.7. The number of carbonyl (C=O) groups excluding carboxylic acids is 1. The largest absolute Gasteiger partial charge is 0.479 e. The fraction of sp³-hybridized carbons (Fsp3) is 0.625.